The first-order chi connectivity index (χ1) is 18.6. The number of fused-ring (bicyclic) bond motifs is 4. The fourth-order valence-electron chi connectivity index (χ4n) is 4.60. The summed E-state index contributed by atoms with van der Waals surface area (Å²) < 4.78 is 45.3. The molecule has 0 radical (unpaired) electrons. The van der Waals surface area contributed by atoms with Crippen LogP contribution in [0.25, 0.3) is 11.3 Å². The molecule has 1 fully saturated rings. The number of aliphatic hydroxyl groups is 2. The lowest BCUT2D eigenvalue weighted by Crippen LogP contribution is -2.56. The highest BCUT2D eigenvalue weighted by Gasteiger charge is 2.39. The third-order valence-corrected chi connectivity index (χ3v) is 6.74. The molecule has 2 aliphatic heterocycles. The van der Waals surface area contributed by atoms with Gasteiger partial charge in [0.15, 0.2) is 11.6 Å². The van der Waals surface area contributed by atoms with Crippen LogP contribution in [0.4, 0.5) is 35.4 Å². The van der Waals surface area contributed by atoms with E-state index in [1.54, 1.807) is 6.07 Å². The number of pyridine rings is 1. The number of nitrogens with one attached hydrogen (secondary N) is 1. The molecule has 2 atom stereocenters. The number of aliphatic hydroxyl groups excluding tert-OH is 2. The second-order valence-corrected chi connectivity index (χ2v) is 9.58. The number of urea groups is 1. The van der Waals surface area contributed by atoms with E-state index in [-0.39, 0.29) is 46.4 Å². The first-order valence-electron chi connectivity index (χ1n) is 12.1. The Labute approximate surface area is 226 Å². The molecule has 2 aromatic heterocycles. The minimum Gasteiger partial charge on any atom is -0.488 e. The SMILES string of the molecule is O=C(Nc1ncc(OC[C@H](O)CO)cn1)N1c2nc(-c3cccc(C(F)(F)F)c3)c(Cl)cc2N2CCC[C@H]1C2. The van der Waals surface area contributed by atoms with Crippen molar-refractivity contribution >= 4 is 35.1 Å². The number of amides is 2. The van der Waals surface area contributed by atoms with Crippen molar-refractivity contribution in [2.45, 2.75) is 31.2 Å². The molecule has 10 nitrogen and oxygen atoms in total. The summed E-state index contributed by atoms with van der Waals surface area (Å²) in [7, 11) is 0. The van der Waals surface area contributed by atoms with Gasteiger partial charge in [-0.05, 0) is 31.0 Å². The predicted molar refractivity (Wildman–Crippen MR) is 137 cm³/mol. The number of rotatable bonds is 6. The Morgan fingerprint density at radius 2 is 2.03 bits per heavy atom. The lowest BCUT2D eigenvalue weighted by atomic mass is 9.99. The standard InChI is InChI=1S/C25H24ClF3N6O4/c26-19-8-20-22(32-21(19)14-3-1-4-15(7-14)25(27,28)29)35(16-5-2-6-34(20)11-16)24(38)33-23-30-9-18(10-31-23)39-13-17(37)12-36/h1,3-4,7-10,16-17,36-37H,2,5-6,11-13H2,(H,30,31,33,38)/t16-,17+/m0/s1. The van der Waals surface area contributed by atoms with Crippen LogP contribution in [0.5, 0.6) is 5.75 Å². The van der Waals surface area contributed by atoms with E-state index in [0.717, 1.165) is 25.1 Å². The molecule has 5 rings (SSSR count). The van der Waals surface area contributed by atoms with Gasteiger partial charge in [-0.3, -0.25) is 10.2 Å². The van der Waals surface area contributed by atoms with Gasteiger partial charge in [0.05, 0.1) is 47.0 Å². The van der Waals surface area contributed by atoms with E-state index in [4.69, 9.17) is 21.4 Å². The van der Waals surface area contributed by atoms with Crippen molar-refractivity contribution in [1.29, 1.82) is 0 Å². The van der Waals surface area contributed by atoms with Crippen LogP contribution in [0.2, 0.25) is 5.02 Å². The summed E-state index contributed by atoms with van der Waals surface area (Å²) in [5, 5.41) is 21.1. The molecule has 3 N–H and O–H groups in total. The van der Waals surface area contributed by atoms with Gasteiger partial charge in [0.1, 0.15) is 12.7 Å². The second-order valence-electron chi connectivity index (χ2n) is 9.17. The van der Waals surface area contributed by atoms with E-state index in [1.807, 2.05) is 0 Å². The molecule has 1 aromatic carbocycles. The number of ether oxygens (including phenoxy) is 1. The zero-order chi connectivity index (χ0) is 27.7. The summed E-state index contributed by atoms with van der Waals surface area (Å²) in [6, 6.07) is 5.55. The highest BCUT2D eigenvalue weighted by Crippen LogP contribution is 2.43. The highest BCUT2D eigenvalue weighted by molar-refractivity contribution is 6.33. The second kappa shape index (κ2) is 10.8. The molecule has 14 heteroatoms. The van der Waals surface area contributed by atoms with Gasteiger partial charge in [-0.25, -0.2) is 19.7 Å². The summed E-state index contributed by atoms with van der Waals surface area (Å²) in [5.74, 6) is 0.494. The van der Waals surface area contributed by atoms with E-state index in [2.05, 4.69) is 25.2 Å². The smallest absolute Gasteiger partial charge is 0.416 e. The molecule has 3 aromatic rings. The lowest BCUT2D eigenvalue weighted by molar-refractivity contribution is -0.137. The quantitative estimate of drug-likeness (QED) is 0.411. The Balaban J connectivity index is 1.45. The Morgan fingerprint density at radius 1 is 1.26 bits per heavy atom. The number of nitrogens with zero attached hydrogens (tertiary/aromatic N) is 5. The Morgan fingerprint density at radius 3 is 2.74 bits per heavy atom. The van der Waals surface area contributed by atoms with Gasteiger partial charge in [-0.2, -0.15) is 13.2 Å². The maximum Gasteiger partial charge on any atom is 0.416 e. The van der Waals surface area contributed by atoms with Gasteiger partial charge in [-0.1, -0.05) is 23.7 Å². The van der Waals surface area contributed by atoms with E-state index >= 15 is 0 Å². The molecule has 0 spiro atoms. The molecule has 0 saturated carbocycles. The van der Waals surface area contributed by atoms with Crippen LogP contribution < -0.4 is 19.9 Å². The van der Waals surface area contributed by atoms with Crippen molar-refractivity contribution in [1.82, 2.24) is 15.0 Å². The van der Waals surface area contributed by atoms with Gasteiger partial charge in [0.2, 0.25) is 5.95 Å². The minimum atomic E-state index is -4.54. The molecule has 2 aliphatic rings. The molecule has 0 unspecified atom stereocenters. The number of piperidine rings is 1. The van der Waals surface area contributed by atoms with Crippen LogP contribution in [0.15, 0.2) is 42.7 Å². The average molecular weight is 565 g/mol. The largest absolute Gasteiger partial charge is 0.488 e. The fraction of sp³-hybridized carbons (Fsp3) is 0.360. The number of hydrogen-bond donors (Lipinski definition) is 3. The summed E-state index contributed by atoms with van der Waals surface area (Å²) in [6.07, 6.45) is -1.45. The van der Waals surface area contributed by atoms with Gasteiger partial charge in [0, 0.05) is 18.7 Å². The maximum atomic E-state index is 13.5. The number of benzene rings is 1. The van der Waals surface area contributed by atoms with Crippen molar-refractivity contribution in [2.75, 3.05) is 41.4 Å². The predicted octanol–water partition coefficient (Wildman–Crippen LogP) is 3.96. The van der Waals surface area contributed by atoms with Crippen molar-refractivity contribution < 1.29 is 32.9 Å². The first-order valence-corrected chi connectivity index (χ1v) is 12.5. The number of hydrogen-bond acceptors (Lipinski definition) is 8. The number of carbonyl (C=O) groups is 1. The summed E-state index contributed by atoms with van der Waals surface area (Å²) in [4.78, 5) is 29.8. The fourth-order valence-corrected chi connectivity index (χ4v) is 4.85. The van der Waals surface area contributed by atoms with Crippen LogP contribution in [0.1, 0.15) is 18.4 Å². The molecule has 2 bridgehead atoms. The first kappa shape index (κ1) is 26.9. The van der Waals surface area contributed by atoms with Crippen LogP contribution >= 0.6 is 11.6 Å². The summed E-state index contributed by atoms with van der Waals surface area (Å²) >= 11 is 6.51. The molecule has 206 valence electrons. The normalized spacial score (nSPS) is 17.4. The third-order valence-electron chi connectivity index (χ3n) is 6.45. The van der Waals surface area contributed by atoms with E-state index in [9.17, 15) is 23.1 Å². The number of alkyl halides is 3. The topological polar surface area (TPSA) is 124 Å². The minimum absolute atomic E-state index is 0.0121. The Hall–Kier alpha value is -3.68. The maximum absolute atomic E-state index is 13.5. The Bertz CT molecular complexity index is 1360. The number of halogens is 4. The molecule has 4 heterocycles. The van der Waals surface area contributed by atoms with Gasteiger partial charge in [-0.15, -0.1) is 0 Å². The molecular weight excluding hydrogens is 541 g/mol. The number of anilines is 3. The van der Waals surface area contributed by atoms with Crippen LogP contribution in [-0.4, -0.2) is 69.6 Å². The molecule has 39 heavy (non-hydrogen) atoms. The monoisotopic (exact) mass is 564 g/mol. The molecule has 2 amide bonds. The van der Waals surface area contributed by atoms with Gasteiger partial charge in [0.25, 0.3) is 0 Å². The lowest BCUT2D eigenvalue weighted by Gasteiger charge is -2.45. The molecular formula is C25H24ClF3N6O4. The van der Waals surface area contributed by atoms with E-state index in [0.29, 0.717) is 18.7 Å². The summed E-state index contributed by atoms with van der Waals surface area (Å²) in [5.41, 5.74) is 0.0763. The van der Waals surface area contributed by atoms with Crippen LogP contribution in [0, 0.1) is 0 Å². The highest BCUT2D eigenvalue weighted by atomic mass is 35.5. The number of aromatic nitrogens is 3. The van der Waals surface area contributed by atoms with Gasteiger partial charge < -0.3 is 19.8 Å². The van der Waals surface area contributed by atoms with E-state index in [1.165, 1.54) is 29.4 Å². The molecule has 1 saturated heterocycles. The zero-order valence-electron chi connectivity index (χ0n) is 20.4. The average Bonchev–Trinajstić information content (AvgIpc) is 2.92. The van der Waals surface area contributed by atoms with Gasteiger partial charge >= 0.3 is 12.2 Å². The molecule has 0 aliphatic carbocycles. The Kier molecular flexibility index (Phi) is 7.47. The summed E-state index contributed by atoms with van der Waals surface area (Å²) in [6.45, 7) is 0.661. The van der Waals surface area contributed by atoms with Crippen molar-refractivity contribution in [2.24, 2.45) is 0 Å². The van der Waals surface area contributed by atoms with Crippen molar-refractivity contribution in [3.8, 4) is 17.0 Å². The van der Waals surface area contributed by atoms with Crippen LogP contribution in [-0.2, 0) is 6.18 Å². The van der Waals surface area contributed by atoms with Crippen molar-refractivity contribution in [3.05, 3.63) is 53.3 Å². The number of carbonyl (C=O) groups excluding carboxylic acids is 1. The third kappa shape index (κ3) is 5.70. The van der Waals surface area contributed by atoms with E-state index < -0.39 is 30.5 Å². The van der Waals surface area contributed by atoms with Crippen molar-refractivity contribution in [3.63, 3.8) is 0 Å². The van der Waals surface area contributed by atoms with Crippen LogP contribution in [0.3, 0.4) is 0 Å². The zero-order valence-corrected chi connectivity index (χ0v) is 21.2.